The van der Waals surface area contributed by atoms with Crippen molar-refractivity contribution in [3.8, 4) is 5.75 Å². The molecule has 1 heterocycles. The fraction of sp³-hybridized carbons (Fsp3) is 0.0500. The largest absolute Gasteiger partial charge is 0.482 e. The van der Waals surface area contributed by atoms with Gasteiger partial charge in [0, 0.05) is 22.8 Å². The Balaban J connectivity index is 1.60. The van der Waals surface area contributed by atoms with E-state index in [0.717, 1.165) is 0 Å². The molecule has 0 aliphatic rings. The number of carbonyl (C=O) groups excluding carboxylic acids is 1. The van der Waals surface area contributed by atoms with Gasteiger partial charge in [0.1, 0.15) is 10.8 Å². The molecule has 8 nitrogen and oxygen atoms in total. The number of halogens is 2. The van der Waals surface area contributed by atoms with Gasteiger partial charge in [0.2, 0.25) is 0 Å². The molecule has 0 saturated carbocycles. The molecule has 0 aliphatic carbocycles. The Bertz CT molecular complexity index is 1130. The van der Waals surface area contributed by atoms with E-state index in [-0.39, 0.29) is 17.3 Å². The molecule has 0 radical (unpaired) electrons. The van der Waals surface area contributed by atoms with E-state index in [1.807, 2.05) is 0 Å². The zero-order valence-corrected chi connectivity index (χ0v) is 18.0. The minimum Gasteiger partial charge on any atom is -0.482 e. The van der Waals surface area contributed by atoms with Crippen LogP contribution in [-0.2, 0) is 4.79 Å². The Morgan fingerprint density at radius 2 is 2.06 bits per heavy atom. The van der Waals surface area contributed by atoms with Crippen LogP contribution in [-0.4, -0.2) is 28.6 Å². The molecule has 1 N–H and O–H groups in total. The SMILES string of the molecule is O=C(COc1ccc(Cl)cc1Cl)N/N=C\c1ccc(Sc2ccccn2)c([N+](=O)[O-])c1. The van der Waals surface area contributed by atoms with Crippen molar-refractivity contribution in [1.82, 2.24) is 10.4 Å². The summed E-state index contributed by atoms with van der Waals surface area (Å²) in [4.78, 5) is 27.4. The molecule has 3 rings (SSSR count). The third-order valence-electron chi connectivity index (χ3n) is 3.69. The molecule has 0 aliphatic heterocycles. The van der Waals surface area contributed by atoms with E-state index in [9.17, 15) is 14.9 Å². The van der Waals surface area contributed by atoms with Crippen molar-refractivity contribution >= 4 is 52.8 Å². The number of nitro groups is 1. The number of rotatable bonds is 8. The second-order valence-corrected chi connectivity index (χ2v) is 7.82. The maximum Gasteiger partial charge on any atom is 0.283 e. The van der Waals surface area contributed by atoms with Gasteiger partial charge in [-0.05, 0) is 36.4 Å². The van der Waals surface area contributed by atoms with Crippen LogP contribution in [0.1, 0.15) is 5.56 Å². The second kappa shape index (κ2) is 10.8. The number of carbonyl (C=O) groups is 1. The lowest BCUT2D eigenvalue weighted by Crippen LogP contribution is -2.24. The van der Waals surface area contributed by atoms with Crippen LogP contribution in [0.2, 0.25) is 10.0 Å². The molecule has 0 spiro atoms. The first-order valence-electron chi connectivity index (χ1n) is 8.69. The summed E-state index contributed by atoms with van der Waals surface area (Å²) < 4.78 is 5.30. The molecule has 11 heteroatoms. The number of nitrogens with zero attached hydrogens (tertiary/aromatic N) is 3. The van der Waals surface area contributed by atoms with Crippen molar-refractivity contribution in [3.05, 3.63) is 86.5 Å². The number of aromatic nitrogens is 1. The molecule has 31 heavy (non-hydrogen) atoms. The molecular formula is C20H14Cl2N4O4S. The van der Waals surface area contributed by atoms with Crippen molar-refractivity contribution in [3.63, 3.8) is 0 Å². The number of benzene rings is 2. The van der Waals surface area contributed by atoms with Gasteiger partial charge in [-0.1, -0.05) is 47.1 Å². The number of pyridine rings is 1. The highest BCUT2D eigenvalue weighted by Gasteiger charge is 2.16. The normalized spacial score (nSPS) is 10.8. The van der Waals surface area contributed by atoms with Crippen LogP contribution >= 0.6 is 35.0 Å². The van der Waals surface area contributed by atoms with Gasteiger partial charge in [-0.15, -0.1) is 0 Å². The summed E-state index contributed by atoms with van der Waals surface area (Å²) in [6, 6.07) is 14.6. The Morgan fingerprint density at radius 1 is 1.23 bits per heavy atom. The van der Waals surface area contributed by atoms with Gasteiger partial charge in [-0.3, -0.25) is 14.9 Å². The standard InChI is InChI=1S/C20H14Cl2N4O4S/c21-14-5-6-17(15(22)10-14)30-12-19(27)25-24-11-13-4-7-18(16(9-13)26(28)29)31-20-3-1-2-8-23-20/h1-11H,12H2,(H,25,27)/b24-11-. The Hall–Kier alpha value is -3.14. The highest BCUT2D eigenvalue weighted by molar-refractivity contribution is 7.99. The molecule has 0 saturated heterocycles. The smallest absolute Gasteiger partial charge is 0.283 e. The van der Waals surface area contributed by atoms with E-state index in [1.165, 1.54) is 30.1 Å². The molecule has 2 aromatic carbocycles. The molecular weight excluding hydrogens is 463 g/mol. The third kappa shape index (κ3) is 6.68. The van der Waals surface area contributed by atoms with Crippen LogP contribution in [0.15, 0.2) is 75.8 Å². The van der Waals surface area contributed by atoms with Gasteiger partial charge >= 0.3 is 0 Å². The first-order valence-corrected chi connectivity index (χ1v) is 10.3. The lowest BCUT2D eigenvalue weighted by molar-refractivity contribution is -0.387. The fourth-order valence-corrected chi connectivity index (χ4v) is 3.63. The van der Waals surface area contributed by atoms with Crippen LogP contribution in [0.5, 0.6) is 5.75 Å². The average molecular weight is 477 g/mol. The predicted molar refractivity (Wildman–Crippen MR) is 119 cm³/mol. The van der Waals surface area contributed by atoms with Crippen LogP contribution in [0, 0.1) is 10.1 Å². The molecule has 1 amide bonds. The summed E-state index contributed by atoms with van der Waals surface area (Å²) >= 11 is 13.0. The molecule has 1 aromatic heterocycles. The second-order valence-electron chi connectivity index (χ2n) is 5.91. The van der Waals surface area contributed by atoms with E-state index in [4.69, 9.17) is 27.9 Å². The highest BCUT2D eigenvalue weighted by atomic mass is 35.5. The van der Waals surface area contributed by atoms with Crippen LogP contribution in [0.25, 0.3) is 0 Å². The van der Waals surface area contributed by atoms with Crippen LogP contribution in [0.4, 0.5) is 5.69 Å². The van der Waals surface area contributed by atoms with Gasteiger partial charge in [-0.25, -0.2) is 10.4 Å². The number of hydrogen-bond acceptors (Lipinski definition) is 7. The highest BCUT2D eigenvalue weighted by Crippen LogP contribution is 2.34. The minimum absolute atomic E-state index is 0.0911. The lowest BCUT2D eigenvalue weighted by Gasteiger charge is -2.07. The van der Waals surface area contributed by atoms with Crippen LogP contribution in [0.3, 0.4) is 0 Å². The molecule has 0 fully saturated rings. The van der Waals surface area contributed by atoms with Gasteiger partial charge in [0.25, 0.3) is 11.6 Å². The minimum atomic E-state index is -0.529. The Kier molecular flexibility index (Phi) is 7.82. The number of nitro benzene ring substituents is 1. The van der Waals surface area contributed by atoms with Crippen molar-refractivity contribution in [2.24, 2.45) is 5.10 Å². The first kappa shape index (κ1) is 22.5. The summed E-state index contributed by atoms with van der Waals surface area (Å²) in [5, 5.41) is 16.6. The predicted octanol–water partition coefficient (Wildman–Crippen LogP) is 4.98. The Morgan fingerprint density at radius 3 is 2.77 bits per heavy atom. The topological polar surface area (TPSA) is 107 Å². The molecule has 0 unspecified atom stereocenters. The number of hydrazone groups is 1. The van der Waals surface area contributed by atoms with E-state index in [1.54, 1.807) is 48.7 Å². The number of hydrogen-bond donors (Lipinski definition) is 1. The zero-order valence-electron chi connectivity index (χ0n) is 15.7. The monoisotopic (exact) mass is 476 g/mol. The van der Waals surface area contributed by atoms with E-state index >= 15 is 0 Å². The summed E-state index contributed by atoms with van der Waals surface area (Å²) in [5.41, 5.74) is 2.64. The molecule has 158 valence electrons. The van der Waals surface area contributed by atoms with Gasteiger partial charge in [0.05, 0.1) is 21.1 Å². The van der Waals surface area contributed by atoms with Gasteiger partial charge < -0.3 is 4.74 Å². The number of nitrogens with one attached hydrogen (secondary N) is 1. The first-order chi connectivity index (χ1) is 14.9. The average Bonchev–Trinajstić information content (AvgIpc) is 2.74. The summed E-state index contributed by atoms with van der Waals surface area (Å²) in [5.74, 6) is -0.221. The van der Waals surface area contributed by atoms with Crippen LogP contribution < -0.4 is 10.2 Å². The number of amides is 1. The van der Waals surface area contributed by atoms with E-state index in [2.05, 4.69) is 15.5 Å². The summed E-state index contributed by atoms with van der Waals surface area (Å²) in [6.45, 7) is -0.321. The lowest BCUT2D eigenvalue weighted by atomic mass is 10.2. The molecule has 0 atom stereocenters. The zero-order chi connectivity index (χ0) is 22.2. The fourth-order valence-electron chi connectivity index (χ4n) is 2.31. The quantitative estimate of drug-likeness (QED) is 0.279. The number of ether oxygens (including phenoxy) is 1. The van der Waals surface area contributed by atoms with E-state index in [0.29, 0.717) is 26.3 Å². The summed E-state index contributed by atoms with van der Waals surface area (Å²) in [7, 11) is 0. The Labute approximate surface area is 191 Å². The van der Waals surface area contributed by atoms with Crippen molar-refractivity contribution in [1.29, 1.82) is 0 Å². The van der Waals surface area contributed by atoms with Crippen molar-refractivity contribution in [2.75, 3.05) is 6.61 Å². The van der Waals surface area contributed by atoms with Crippen molar-refractivity contribution in [2.45, 2.75) is 9.92 Å². The maximum absolute atomic E-state index is 11.9. The molecule has 3 aromatic rings. The third-order valence-corrected chi connectivity index (χ3v) is 5.23. The summed E-state index contributed by atoms with van der Waals surface area (Å²) in [6.07, 6.45) is 2.91. The van der Waals surface area contributed by atoms with Gasteiger partial charge in [-0.2, -0.15) is 5.10 Å². The molecule has 0 bridgehead atoms. The van der Waals surface area contributed by atoms with Gasteiger partial charge in [0.15, 0.2) is 6.61 Å². The van der Waals surface area contributed by atoms with Crippen molar-refractivity contribution < 1.29 is 14.5 Å². The van der Waals surface area contributed by atoms with E-state index < -0.39 is 10.8 Å². The maximum atomic E-state index is 11.9.